The third kappa shape index (κ3) is 5.03. The van der Waals surface area contributed by atoms with Crippen molar-refractivity contribution in [2.24, 2.45) is 39.4 Å². The van der Waals surface area contributed by atoms with E-state index >= 15 is 0 Å². The Hall–Kier alpha value is -7.20. The lowest BCUT2D eigenvalue weighted by Crippen LogP contribution is -2.72. The molecule has 17 heteroatoms. The average molecular weight is 1090 g/mol. The van der Waals surface area contributed by atoms with Crippen molar-refractivity contribution in [2.75, 3.05) is 37.0 Å². The third-order valence-corrected chi connectivity index (χ3v) is 23.6. The Balaban J connectivity index is 0.000000126. The van der Waals surface area contributed by atoms with E-state index in [9.17, 15) is 38.7 Å². The smallest absolute Gasteiger partial charge is 0.233 e. The summed E-state index contributed by atoms with van der Waals surface area (Å²) in [7, 11) is 0. The lowest BCUT2D eigenvalue weighted by atomic mass is 9.34. The zero-order chi connectivity index (χ0) is 53.9. The Morgan fingerprint density at radius 1 is 0.537 bits per heavy atom. The lowest BCUT2D eigenvalue weighted by Gasteiger charge is -2.69. The van der Waals surface area contributed by atoms with Gasteiger partial charge < -0.3 is 44.6 Å². The number of phenolic OH excluding ortho intramolecular Hbond substituents is 1. The summed E-state index contributed by atoms with van der Waals surface area (Å²) in [6, 6.07) is 1.68. The summed E-state index contributed by atoms with van der Waals surface area (Å²) in [5, 5.41) is 11.7. The highest BCUT2D eigenvalue weighted by Crippen LogP contribution is 2.79. The van der Waals surface area contributed by atoms with Gasteiger partial charge in [0.2, 0.25) is 41.0 Å². The zero-order valence-electron chi connectivity index (χ0n) is 44.3. The van der Waals surface area contributed by atoms with Crippen LogP contribution in [0.3, 0.4) is 0 Å². The van der Waals surface area contributed by atoms with Gasteiger partial charge in [0.05, 0.1) is 49.9 Å². The molecule has 0 radical (unpaired) electrons. The van der Waals surface area contributed by atoms with Crippen molar-refractivity contribution in [2.45, 2.75) is 115 Å². The number of hydrogen-bond donors (Lipinski definition) is 5. The number of piperidine rings is 3. The Kier molecular flexibility index (Phi) is 8.38. The van der Waals surface area contributed by atoms with Crippen LogP contribution in [-0.4, -0.2) is 113 Å². The molecule has 7 atom stereocenters. The van der Waals surface area contributed by atoms with Crippen LogP contribution in [0.25, 0.3) is 10.9 Å². The van der Waals surface area contributed by atoms with Gasteiger partial charge in [-0.05, 0) is 148 Å². The summed E-state index contributed by atoms with van der Waals surface area (Å²) in [5.41, 5.74) is 12.0. The van der Waals surface area contributed by atoms with Crippen LogP contribution in [-0.2, 0) is 35.4 Å². The highest BCUT2D eigenvalue weighted by Gasteiger charge is 2.81. The number of fused-ring (bicyclic) bond motifs is 6. The minimum atomic E-state index is -0.548. The fourth-order valence-corrected chi connectivity index (χ4v) is 20.0. The highest BCUT2D eigenvalue weighted by molar-refractivity contribution is 6.19. The molecule has 12 fully saturated rings. The van der Waals surface area contributed by atoms with Crippen molar-refractivity contribution in [3.8, 4) is 5.75 Å². The molecule has 12 aliphatic carbocycles. The predicted octanol–water partition coefficient (Wildman–Crippen LogP) is 8.36. The van der Waals surface area contributed by atoms with Crippen LogP contribution >= 0.6 is 11.6 Å². The van der Waals surface area contributed by atoms with E-state index in [0.717, 1.165) is 91.9 Å². The predicted molar refractivity (Wildman–Crippen MR) is 293 cm³/mol. The van der Waals surface area contributed by atoms with Gasteiger partial charge in [-0.25, -0.2) is 0 Å². The molecule has 5 aromatic rings. The molecule has 408 valence electrons. The van der Waals surface area contributed by atoms with Gasteiger partial charge in [-0.1, -0.05) is 7.43 Å². The van der Waals surface area contributed by atoms with E-state index in [0.29, 0.717) is 111 Å². The largest absolute Gasteiger partial charge is 0.506 e. The van der Waals surface area contributed by atoms with Crippen LogP contribution in [0.5, 0.6) is 5.75 Å². The van der Waals surface area contributed by atoms with E-state index in [2.05, 4.69) is 19.9 Å². The number of aromatic hydroxyl groups is 1. The van der Waals surface area contributed by atoms with Gasteiger partial charge in [0, 0.05) is 126 Å². The molecular weight excluding hydrogens is 1030 g/mol. The maximum absolute atomic E-state index is 14.1. The maximum atomic E-state index is 14.1. The second kappa shape index (κ2) is 14.1. The average Bonchev–Trinajstić information content (AvgIpc) is 1.16. The first kappa shape index (κ1) is 47.6. The standard InChI is InChI=1S/C31H29ClN4O4.C31H28N4O4.CH4/c1-14-7-33-25-19(37)3-18-23(22(14)25)16(6-32)9-35(18)27(39)29-11-30(12-29,13-29)28(40)36-10-17-5-31(17)21(36)4-20(38)26-24(31)15(2)8-34-26;1-14-7-32-24-18(36)3-20-30(22(14)24)5-16(30)9-34(20)26(38)28-11-29(12-28,13-28)27(39)35-10-17-6-31(17)21(35)4-19(37)25-23(31)15(2)8-33-25;/h3-4,7-8,16-17,33-34,37H,5-6,9-13H2,1-2H3;3-4,7-8,16-17,32-33H,5-6,9-13H2,1-2H3;1H4/t16-,17-,29?,30?,31?;16-,17?,28?,29?,30+,31+;/m11./s1. The summed E-state index contributed by atoms with van der Waals surface area (Å²) in [6.45, 7) is 10.5. The normalized spacial score (nSPS) is 36.9. The molecule has 3 spiro atoms. The number of aromatic amines is 4. The molecule has 4 bridgehead atoms. The number of hydrogen-bond acceptors (Lipinski definition) is 8. The monoisotopic (exact) mass is 1090 g/mol. The fourth-order valence-electron chi connectivity index (χ4n) is 19.7. The van der Waals surface area contributed by atoms with Crippen molar-refractivity contribution in [3.63, 3.8) is 0 Å². The molecule has 5 N–H and O–H groups in total. The number of nitrogens with one attached hydrogen (secondary N) is 4. The molecular formula is C63H61ClN8O8. The first-order chi connectivity index (χ1) is 37.8. The number of aryl methyl sites for hydroxylation is 4. The Morgan fingerprint density at radius 2 is 0.887 bits per heavy atom. The van der Waals surface area contributed by atoms with Crippen LogP contribution in [0.2, 0.25) is 0 Å². The molecule has 8 heterocycles. The number of likely N-dealkylation sites (tertiary alicyclic amines) is 3. The molecule has 9 saturated carbocycles. The van der Waals surface area contributed by atoms with E-state index in [1.54, 1.807) is 29.2 Å². The number of anilines is 1. The second-order valence-corrected chi connectivity index (χ2v) is 27.5. The van der Waals surface area contributed by atoms with Crippen molar-refractivity contribution in [1.82, 2.24) is 34.6 Å². The van der Waals surface area contributed by atoms with E-state index in [1.165, 1.54) is 0 Å². The van der Waals surface area contributed by atoms with Gasteiger partial charge in [0.15, 0.2) is 0 Å². The zero-order valence-corrected chi connectivity index (χ0v) is 45.1. The molecule has 2 unspecified atom stereocenters. The number of halogens is 1. The summed E-state index contributed by atoms with van der Waals surface area (Å²) in [4.78, 5) is 115. The van der Waals surface area contributed by atoms with Crippen LogP contribution in [0, 0.1) is 67.1 Å². The number of carbonyl (C=O) groups excluding carboxylic acids is 7. The van der Waals surface area contributed by atoms with E-state index < -0.39 is 21.7 Å². The lowest BCUT2D eigenvalue weighted by molar-refractivity contribution is -0.219. The SMILES string of the molecule is C.Cc1c[nH]c2c1C13C[C@@H]1CN(C(=O)C14CC(C(=O)N5C[C@@H](CCl)c6c5cc(O)c5[nH]cc(C)c65)(C1)C4)C3=CC2=O.Cc1c[nH]c2c1[C@@]13CC1CN(C(=O)C14CC(C(=O)N5C[C@H]6C[C@@]67C5=CC(=O)c5[nH]cc(C)c57)(C1)C4)C3=CC2=O. The van der Waals surface area contributed by atoms with Crippen molar-refractivity contribution >= 4 is 69.2 Å². The first-order valence-electron chi connectivity index (χ1n) is 28.3. The molecule has 4 amide bonds. The number of H-pyrrole nitrogens is 4. The van der Waals surface area contributed by atoms with E-state index in [1.807, 2.05) is 67.2 Å². The number of ketones is 3. The van der Waals surface area contributed by atoms with Crippen LogP contribution in [0.4, 0.5) is 5.69 Å². The van der Waals surface area contributed by atoms with E-state index in [4.69, 9.17) is 11.6 Å². The molecule has 3 saturated heterocycles. The van der Waals surface area contributed by atoms with Gasteiger partial charge in [-0.3, -0.25) is 33.6 Å². The van der Waals surface area contributed by atoms with Gasteiger partial charge in [-0.2, -0.15) is 0 Å². The number of amides is 4. The number of rotatable bonds is 5. The molecule has 4 aromatic heterocycles. The first-order valence-corrected chi connectivity index (χ1v) is 28.9. The van der Waals surface area contributed by atoms with Crippen molar-refractivity contribution in [1.29, 1.82) is 0 Å². The minimum absolute atomic E-state index is 0. The summed E-state index contributed by atoms with van der Waals surface area (Å²) < 4.78 is 0. The molecule has 16 aliphatic rings. The number of carbonyl (C=O) groups is 7. The van der Waals surface area contributed by atoms with Crippen LogP contribution in [0.1, 0.15) is 147 Å². The molecule has 16 nitrogen and oxygen atoms in total. The van der Waals surface area contributed by atoms with Gasteiger partial charge >= 0.3 is 0 Å². The van der Waals surface area contributed by atoms with E-state index in [-0.39, 0.29) is 76.3 Å². The van der Waals surface area contributed by atoms with Gasteiger partial charge in [-0.15, -0.1) is 11.6 Å². The van der Waals surface area contributed by atoms with Gasteiger partial charge in [0.25, 0.3) is 0 Å². The Labute approximate surface area is 465 Å². The number of allylic oxidation sites excluding steroid dienone is 6. The number of benzene rings is 1. The number of nitrogens with zero attached hydrogens (tertiary/aromatic N) is 4. The van der Waals surface area contributed by atoms with Crippen molar-refractivity contribution < 1.29 is 38.7 Å². The minimum Gasteiger partial charge on any atom is -0.506 e. The molecule has 1 aromatic carbocycles. The fraction of sp³-hybridized carbons (Fsp3) is 0.476. The second-order valence-electron chi connectivity index (χ2n) is 27.2. The number of phenols is 1. The van der Waals surface area contributed by atoms with Crippen LogP contribution in [0.15, 0.2) is 66.2 Å². The van der Waals surface area contributed by atoms with Gasteiger partial charge in [0.1, 0.15) is 5.75 Å². The maximum Gasteiger partial charge on any atom is 0.233 e. The Morgan fingerprint density at radius 3 is 1.25 bits per heavy atom. The number of alkyl halides is 1. The molecule has 80 heavy (non-hydrogen) atoms. The quantitative estimate of drug-likeness (QED) is 0.108. The number of aromatic nitrogens is 4. The summed E-state index contributed by atoms with van der Waals surface area (Å²) >= 11 is 6.40. The highest BCUT2D eigenvalue weighted by atomic mass is 35.5. The summed E-state index contributed by atoms with van der Waals surface area (Å²) in [5.74, 6) is 1.70. The Bertz CT molecular complexity index is 3900. The van der Waals surface area contributed by atoms with Crippen molar-refractivity contribution in [3.05, 3.63) is 128 Å². The van der Waals surface area contributed by atoms with Crippen LogP contribution < -0.4 is 4.90 Å². The molecule has 4 aliphatic heterocycles. The summed E-state index contributed by atoms with van der Waals surface area (Å²) in [6.07, 6.45) is 18.9. The third-order valence-electron chi connectivity index (χ3n) is 23.2. The molecule has 21 rings (SSSR count). The topological polar surface area (TPSA) is 216 Å².